The molecular formula is C15H19N5O2S. The molecule has 0 spiro atoms. The van der Waals surface area contributed by atoms with E-state index in [1.807, 2.05) is 18.5 Å². The second-order valence-electron chi connectivity index (χ2n) is 5.66. The van der Waals surface area contributed by atoms with Gasteiger partial charge in [0.15, 0.2) is 0 Å². The SMILES string of the molecule is Cc1cc([N+](=O)[O-])cnc1N1CCN(C(C)c2nccs2)CC1. The van der Waals surface area contributed by atoms with Crippen LogP contribution in [0.3, 0.4) is 0 Å². The van der Waals surface area contributed by atoms with Crippen molar-refractivity contribution < 1.29 is 4.92 Å². The van der Waals surface area contributed by atoms with Gasteiger partial charge in [-0.15, -0.1) is 11.3 Å². The quantitative estimate of drug-likeness (QED) is 0.632. The third-order valence-electron chi connectivity index (χ3n) is 4.22. The summed E-state index contributed by atoms with van der Waals surface area (Å²) in [4.78, 5) is 23.7. The van der Waals surface area contributed by atoms with Gasteiger partial charge >= 0.3 is 0 Å². The fourth-order valence-electron chi connectivity index (χ4n) is 2.90. The minimum atomic E-state index is -0.405. The molecule has 0 radical (unpaired) electrons. The minimum Gasteiger partial charge on any atom is -0.354 e. The lowest BCUT2D eigenvalue weighted by molar-refractivity contribution is -0.385. The van der Waals surface area contributed by atoms with E-state index in [4.69, 9.17) is 0 Å². The van der Waals surface area contributed by atoms with Crippen LogP contribution >= 0.6 is 11.3 Å². The lowest BCUT2D eigenvalue weighted by Gasteiger charge is -2.38. The fraction of sp³-hybridized carbons (Fsp3) is 0.467. The zero-order valence-corrected chi connectivity index (χ0v) is 14.0. The monoisotopic (exact) mass is 333 g/mol. The molecule has 23 heavy (non-hydrogen) atoms. The number of piperazine rings is 1. The number of nitro groups is 1. The first-order valence-electron chi connectivity index (χ1n) is 7.55. The maximum Gasteiger partial charge on any atom is 0.287 e. The van der Waals surface area contributed by atoms with Crippen molar-refractivity contribution in [1.82, 2.24) is 14.9 Å². The Kier molecular flexibility index (Phi) is 4.53. The maximum absolute atomic E-state index is 10.8. The van der Waals surface area contributed by atoms with Crippen LogP contribution in [-0.2, 0) is 0 Å². The molecule has 1 unspecified atom stereocenters. The minimum absolute atomic E-state index is 0.0438. The van der Waals surface area contributed by atoms with Gasteiger partial charge < -0.3 is 4.90 Å². The Bertz CT molecular complexity index is 683. The molecule has 0 N–H and O–H groups in total. The normalized spacial score (nSPS) is 17.2. The highest BCUT2D eigenvalue weighted by atomic mass is 32.1. The van der Waals surface area contributed by atoms with Crippen molar-refractivity contribution in [2.24, 2.45) is 0 Å². The molecule has 7 nitrogen and oxygen atoms in total. The highest BCUT2D eigenvalue weighted by Gasteiger charge is 2.25. The third kappa shape index (κ3) is 3.32. The second-order valence-corrected chi connectivity index (χ2v) is 6.59. The molecule has 2 aromatic heterocycles. The first kappa shape index (κ1) is 15.8. The zero-order valence-electron chi connectivity index (χ0n) is 13.2. The molecule has 0 saturated carbocycles. The van der Waals surface area contributed by atoms with Crippen molar-refractivity contribution in [3.63, 3.8) is 0 Å². The highest BCUT2D eigenvalue weighted by molar-refractivity contribution is 7.09. The first-order chi connectivity index (χ1) is 11.1. The number of anilines is 1. The summed E-state index contributed by atoms with van der Waals surface area (Å²) in [5.41, 5.74) is 0.892. The predicted octanol–water partition coefficient (Wildman–Crippen LogP) is 2.64. The van der Waals surface area contributed by atoms with Crippen molar-refractivity contribution in [1.29, 1.82) is 0 Å². The molecule has 1 fully saturated rings. The van der Waals surface area contributed by atoms with Gasteiger partial charge in [-0.3, -0.25) is 15.0 Å². The average Bonchev–Trinajstić information content (AvgIpc) is 3.08. The van der Waals surface area contributed by atoms with E-state index in [0.717, 1.165) is 42.6 Å². The van der Waals surface area contributed by atoms with Crippen LogP contribution in [-0.4, -0.2) is 46.0 Å². The molecule has 3 heterocycles. The van der Waals surface area contributed by atoms with E-state index in [1.54, 1.807) is 17.4 Å². The predicted molar refractivity (Wildman–Crippen MR) is 89.9 cm³/mol. The van der Waals surface area contributed by atoms with Crippen LogP contribution in [0.15, 0.2) is 23.8 Å². The van der Waals surface area contributed by atoms with Gasteiger partial charge in [-0.2, -0.15) is 0 Å². The van der Waals surface area contributed by atoms with E-state index in [2.05, 4.69) is 26.7 Å². The van der Waals surface area contributed by atoms with E-state index in [0.29, 0.717) is 6.04 Å². The Labute approximate surface area is 138 Å². The largest absolute Gasteiger partial charge is 0.354 e. The van der Waals surface area contributed by atoms with Gasteiger partial charge in [0, 0.05) is 43.8 Å². The van der Waals surface area contributed by atoms with Crippen molar-refractivity contribution in [2.45, 2.75) is 19.9 Å². The van der Waals surface area contributed by atoms with Crippen LogP contribution < -0.4 is 4.90 Å². The number of pyridine rings is 1. The number of thiazole rings is 1. The van der Waals surface area contributed by atoms with E-state index in [9.17, 15) is 10.1 Å². The van der Waals surface area contributed by atoms with E-state index < -0.39 is 4.92 Å². The van der Waals surface area contributed by atoms with Crippen molar-refractivity contribution in [3.8, 4) is 0 Å². The molecule has 1 atom stereocenters. The maximum atomic E-state index is 10.8. The molecule has 122 valence electrons. The van der Waals surface area contributed by atoms with Gasteiger partial charge in [-0.05, 0) is 19.4 Å². The van der Waals surface area contributed by atoms with Crippen molar-refractivity contribution >= 4 is 22.8 Å². The summed E-state index contributed by atoms with van der Waals surface area (Å²) in [6, 6.07) is 1.91. The summed E-state index contributed by atoms with van der Waals surface area (Å²) in [7, 11) is 0. The van der Waals surface area contributed by atoms with Crippen LogP contribution in [0.1, 0.15) is 23.5 Å². The molecule has 0 bridgehead atoms. The summed E-state index contributed by atoms with van der Waals surface area (Å²) in [6.45, 7) is 7.64. The molecule has 0 aliphatic carbocycles. The number of aryl methyl sites for hydroxylation is 1. The van der Waals surface area contributed by atoms with Gasteiger partial charge in [-0.25, -0.2) is 9.97 Å². The second kappa shape index (κ2) is 6.59. The summed E-state index contributed by atoms with van der Waals surface area (Å²) < 4.78 is 0. The van der Waals surface area contributed by atoms with Gasteiger partial charge in [0.05, 0.1) is 11.0 Å². The van der Waals surface area contributed by atoms with Gasteiger partial charge in [0.2, 0.25) is 0 Å². The smallest absolute Gasteiger partial charge is 0.287 e. The van der Waals surface area contributed by atoms with E-state index in [1.165, 1.54) is 6.20 Å². The molecule has 0 aromatic carbocycles. The van der Waals surface area contributed by atoms with Crippen LogP contribution in [0.25, 0.3) is 0 Å². The Hall–Kier alpha value is -2.06. The molecule has 1 saturated heterocycles. The first-order valence-corrected chi connectivity index (χ1v) is 8.43. The number of rotatable bonds is 4. The number of hydrogen-bond acceptors (Lipinski definition) is 7. The Morgan fingerprint density at radius 3 is 2.61 bits per heavy atom. The Morgan fingerprint density at radius 1 is 1.30 bits per heavy atom. The summed E-state index contributed by atoms with van der Waals surface area (Å²) in [5.74, 6) is 0.845. The average molecular weight is 333 g/mol. The number of aromatic nitrogens is 2. The zero-order chi connectivity index (χ0) is 16.4. The van der Waals surface area contributed by atoms with Crippen LogP contribution in [0.2, 0.25) is 0 Å². The summed E-state index contributed by atoms with van der Waals surface area (Å²) in [6.07, 6.45) is 3.18. The Balaban J connectivity index is 1.66. The summed E-state index contributed by atoms with van der Waals surface area (Å²) in [5, 5.41) is 14.0. The van der Waals surface area contributed by atoms with Gasteiger partial charge in [0.1, 0.15) is 17.0 Å². The molecule has 0 amide bonds. The van der Waals surface area contributed by atoms with Crippen molar-refractivity contribution in [3.05, 3.63) is 44.5 Å². The third-order valence-corrected chi connectivity index (χ3v) is 5.16. The molecule has 8 heteroatoms. The molecule has 1 aliphatic rings. The highest BCUT2D eigenvalue weighted by Crippen LogP contribution is 2.26. The van der Waals surface area contributed by atoms with Crippen LogP contribution in [0.5, 0.6) is 0 Å². The Morgan fingerprint density at radius 2 is 2.04 bits per heavy atom. The number of hydrogen-bond donors (Lipinski definition) is 0. The molecule has 3 rings (SSSR count). The van der Waals surface area contributed by atoms with Crippen LogP contribution in [0.4, 0.5) is 11.5 Å². The molecule has 2 aromatic rings. The van der Waals surface area contributed by atoms with E-state index >= 15 is 0 Å². The molecule has 1 aliphatic heterocycles. The molecular weight excluding hydrogens is 314 g/mol. The van der Waals surface area contributed by atoms with Gasteiger partial charge in [0.25, 0.3) is 5.69 Å². The lowest BCUT2D eigenvalue weighted by Crippen LogP contribution is -2.47. The summed E-state index contributed by atoms with van der Waals surface area (Å²) >= 11 is 1.69. The van der Waals surface area contributed by atoms with Crippen molar-refractivity contribution in [2.75, 3.05) is 31.1 Å². The topological polar surface area (TPSA) is 75.4 Å². The van der Waals surface area contributed by atoms with Crippen LogP contribution in [0, 0.1) is 17.0 Å². The van der Waals surface area contributed by atoms with Gasteiger partial charge in [-0.1, -0.05) is 0 Å². The lowest BCUT2D eigenvalue weighted by atomic mass is 10.2. The number of nitrogens with zero attached hydrogens (tertiary/aromatic N) is 5. The standard InChI is InChI=1S/C15H19N5O2S/c1-11-9-13(20(21)22)10-17-14(11)19-6-4-18(5-7-19)12(2)15-16-3-8-23-15/h3,8-10,12H,4-7H2,1-2H3. The fourth-order valence-corrected chi connectivity index (χ4v) is 3.63. The van der Waals surface area contributed by atoms with E-state index in [-0.39, 0.29) is 5.69 Å².